The number of halogens is 3. The molecule has 2 aromatic rings. The Bertz CT molecular complexity index is 1220. The van der Waals surface area contributed by atoms with E-state index in [1.54, 1.807) is 25.1 Å². The van der Waals surface area contributed by atoms with Gasteiger partial charge in [0.05, 0.1) is 16.1 Å². The fourth-order valence-corrected chi connectivity index (χ4v) is 5.15. The maximum Gasteiger partial charge on any atom is 0.490 e. The van der Waals surface area contributed by atoms with Crippen molar-refractivity contribution in [1.29, 1.82) is 0 Å². The molecule has 1 aliphatic heterocycles. The summed E-state index contributed by atoms with van der Waals surface area (Å²) in [5.41, 5.74) is 3.57. The number of hydrogen-bond donors (Lipinski definition) is 3. The van der Waals surface area contributed by atoms with E-state index in [2.05, 4.69) is 9.62 Å². The van der Waals surface area contributed by atoms with Crippen LogP contribution < -0.4 is 9.62 Å². The summed E-state index contributed by atoms with van der Waals surface area (Å²) in [6.45, 7) is 7.19. The molecule has 0 spiro atoms. The molecule has 1 saturated heterocycles. The molecular weight excluding hydrogens is 501 g/mol. The molecule has 0 bridgehead atoms. The number of aryl methyl sites for hydroxylation is 3. The highest BCUT2D eigenvalue weighted by atomic mass is 32.2. The molecule has 0 unspecified atom stereocenters. The minimum Gasteiger partial charge on any atom is -0.478 e. The molecule has 3 N–H and O–H groups in total. The number of carboxylic acids is 2. The van der Waals surface area contributed by atoms with Gasteiger partial charge in [-0.15, -0.1) is 0 Å². The predicted molar refractivity (Wildman–Crippen MR) is 129 cm³/mol. The first-order valence-electron chi connectivity index (χ1n) is 11.2. The van der Waals surface area contributed by atoms with Crippen LogP contribution in [0.3, 0.4) is 0 Å². The van der Waals surface area contributed by atoms with Crippen molar-refractivity contribution in [1.82, 2.24) is 0 Å². The Morgan fingerprint density at radius 3 is 1.92 bits per heavy atom. The molecular formula is C24H29F3N2O6S. The molecule has 0 amide bonds. The topological polar surface area (TPSA) is 124 Å². The molecule has 1 heterocycles. The summed E-state index contributed by atoms with van der Waals surface area (Å²) in [7, 11) is -3.83. The summed E-state index contributed by atoms with van der Waals surface area (Å²) >= 11 is 0. The van der Waals surface area contributed by atoms with Gasteiger partial charge in [-0.05, 0) is 74.6 Å². The van der Waals surface area contributed by atoms with Crippen molar-refractivity contribution in [2.75, 3.05) is 22.7 Å². The summed E-state index contributed by atoms with van der Waals surface area (Å²) in [6.07, 6.45) is -0.739. The van der Waals surface area contributed by atoms with E-state index in [9.17, 15) is 31.5 Å². The van der Waals surface area contributed by atoms with Gasteiger partial charge in [0.2, 0.25) is 0 Å². The molecule has 3 rings (SSSR count). The number of aromatic carboxylic acids is 1. The molecule has 0 radical (unpaired) electrons. The third-order valence-corrected chi connectivity index (χ3v) is 7.27. The monoisotopic (exact) mass is 530 g/mol. The number of carbonyl (C=O) groups is 2. The minimum absolute atomic E-state index is 0.115. The number of anilines is 2. The second-order valence-electron chi connectivity index (χ2n) is 8.55. The summed E-state index contributed by atoms with van der Waals surface area (Å²) in [5, 5.41) is 16.8. The number of sulfonamides is 1. The van der Waals surface area contributed by atoms with E-state index in [-0.39, 0.29) is 16.1 Å². The van der Waals surface area contributed by atoms with Crippen molar-refractivity contribution in [2.24, 2.45) is 0 Å². The smallest absolute Gasteiger partial charge is 0.478 e. The van der Waals surface area contributed by atoms with Gasteiger partial charge < -0.3 is 15.1 Å². The zero-order chi connectivity index (χ0) is 27.3. The van der Waals surface area contributed by atoms with E-state index in [4.69, 9.17) is 9.90 Å². The summed E-state index contributed by atoms with van der Waals surface area (Å²) in [4.78, 5) is 23.1. The minimum atomic E-state index is -5.08. The first-order chi connectivity index (χ1) is 16.6. The van der Waals surface area contributed by atoms with Gasteiger partial charge in [-0.3, -0.25) is 4.72 Å². The predicted octanol–water partition coefficient (Wildman–Crippen LogP) is 5.12. The van der Waals surface area contributed by atoms with Gasteiger partial charge in [0.1, 0.15) is 0 Å². The number of nitrogens with zero attached hydrogens (tertiary/aromatic N) is 1. The van der Waals surface area contributed by atoms with Gasteiger partial charge >= 0.3 is 18.1 Å². The van der Waals surface area contributed by atoms with E-state index in [1.807, 2.05) is 19.9 Å². The highest BCUT2D eigenvalue weighted by Crippen LogP contribution is 2.29. The van der Waals surface area contributed by atoms with Crippen molar-refractivity contribution in [3.8, 4) is 0 Å². The van der Waals surface area contributed by atoms with E-state index in [0.717, 1.165) is 49.9 Å². The van der Waals surface area contributed by atoms with Gasteiger partial charge in [0, 0.05) is 18.8 Å². The van der Waals surface area contributed by atoms with Gasteiger partial charge in [0.15, 0.2) is 0 Å². The molecule has 198 valence electrons. The lowest BCUT2D eigenvalue weighted by molar-refractivity contribution is -0.192. The van der Waals surface area contributed by atoms with Crippen LogP contribution in [0.5, 0.6) is 0 Å². The molecule has 1 aliphatic rings. The second-order valence-corrected chi connectivity index (χ2v) is 10.2. The number of rotatable bonds is 5. The largest absolute Gasteiger partial charge is 0.490 e. The van der Waals surface area contributed by atoms with E-state index >= 15 is 0 Å². The Morgan fingerprint density at radius 2 is 1.42 bits per heavy atom. The first-order valence-corrected chi connectivity index (χ1v) is 12.6. The Hall–Kier alpha value is -3.28. The summed E-state index contributed by atoms with van der Waals surface area (Å²) in [6, 6.07) is 8.25. The van der Waals surface area contributed by atoms with Crippen LogP contribution in [-0.4, -0.2) is 49.8 Å². The van der Waals surface area contributed by atoms with E-state index < -0.39 is 28.1 Å². The highest BCUT2D eigenvalue weighted by molar-refractivity contribution is 7.92. The third kappa shape index (κ3) is 7.61. The number of benzene rings is 2. The molecule has 36 heavy (non-hydrogen) atoms. The summed E-state index contributed by atoms with van der Waals surface area (Å²) in [5.74, 6) is -3.82. The number of alkyl halides is 3. The lowest BCUT2D eigenvalue weighted by Crippen LogP contribution is -2.26. The van der Waals surface area contributed by atoms with Crippen LogP contribution >= 0.6 is 0 Å². The SMILES string of the molecule is Cc1cc(C)c(S(=O)(=O)Nc2ccc(N3CCCCCC3)c(C(=O)O)c2)cc1C.O=C(O)C(F)(F)F. The zero-order valence-corrected chi connectivity index (χ0v) is 21.0. The van der Waals surface area contributed by atoms with E-state index in [0.29, 0.717) is 11.3 Å². The second kappa shape index (κ2) is 11.6. The molecule has 0 aliphatic carbocycles. The Labute approximate surface area is 207 Å². The average Bonchev–Trinajstić information content (AvgIpc) is 3.05. The van der Waals surface area contributed by atoms with Gasteiger partial charge in [-0.2, -0.15) is 13.2 Å². The van der Waals surface area contributed by atoms with Gasteiger partial charge in [-0.25, -0.2) is 18.0 Å². The van der Waals surface area contributed by atoms with Crippen LogP contribution in [0.15, 0.2) is 35.2 Å². The maximum absolute atomic E-state index is 12.9. The number of nitrogens with one attached hydrogen (secondary N) is 1. The highest BCUT2D eigenvalue weighted by Gasteiger charge is 2.38. The molecule has 2 aromatic carbocycles. The van der Waals surface area contributed by atoms with Crippen LogP contribution in [-0.2, 0) is 14.8 Å². The zero-order valence-electron chi connectivity index (χ0n) is 20.1. The Morgan fingerprint density at radius 1 is 0.889 bits per heavy atom. The number of hydrogen-bond acceptors (Lipinski definition) is 5. The van der Waals surface area contributed by atoms with Crippen LogP contribution in [0.4, 0.5) is 24.5 Å². The fraction of sp³-hybridized carbons (Fsp3) is 0.417. The molecule has 1 fully saturated rings. The molecule has 0 aromatic heterocycles. The van der Waals surface area contributed by atoms with Crippen LogP contribution in [0.25, 0.3) is 0 Å². The maximum atomic E-state index is 12.9. The Kier molecular flexibility index (Phi) is 9.36. The normalized spacial score (nSPS) is 14.3. The first kappa shape index (κ1) is 29.0. The fourth-order valence-electron chi connectivity index (χ4n) is 3.79. The average molecular weight is 531 g/mol. The number of aliphatic carboxylic acids is 1. The lowest BCUT2D eigenvalue weighted by Gasteiger charge is -2.25. The van der Waals surface area contributed by atoms with Crippen molar-refractivity contribution in [3.05, 3.63) is 52.6 Å². The quantitative estimate of drug-likeness (QED) is 0.490. The number of carboxylic acid groups (broad SMARTS) is 2. The van der Waals surface area contributed by atoms with Crippen molar-refractivity contribution < 1.29 is 41.4 Å². The van der Waals surface area contributed by atoms with Crippen LogP contribution in [0, 0.1) is 20.8 Å². The Balaban J connectivity index is 0.000000572. The third-order valence-electron chi connectivity index (χ3n) is 5.75. The van der Waals surface area contributed by atoms with Crippen molar-refractivity contribution in [3.63, 3.8) is 0 Å². The lowest BCUT2D eigenvalue weighted by atomic mass is 10.1. The van der Waals surface area contributed by atoms with Crippen LogP contribution in [0.2, 0.25) is 0 Å². The van der Waals surface area contributed by atoms with E-state index in [1.165, 1.54) is 6.07 Å². The molecule has 0 atom stereocenters. The molecule has 8 nitrogen and oxygen atoms in total. The standard InChI is InChI=1S/C22H28N2O4S.C2HF3O2/c1-15-12-17(3)21(13-16(15)2)29(27,28)23-18-8-9-20(19(14-18)22(25)26)24-10-6-4-5-7-11-24;3-2(4,5)1(6)7/h8-9,12-14,23H,4-7,10-11H2,1-3H3,(H,25,26);(H,6,7). The van der Waals surface area contributed by atoms with Crippen molar-refractivity contribution >= 4 is 33.3 Å². The van der Waals surface area contributed by atoms with Crippen LogP contribution in [0.1, 0.15) is 52.7 Å². The summed E-state index contributed by atoms with van der Waals surface area (Å²) < 4.78 is 60.1. The van der Waals surface area contributed by atoms with Gasteiger partial charge in [-0.1, -0.05) is 18.9 Å². The molecule has 0 saturated carbocycles. The van der Waals surface area contributed by atoms with Gasteiger partial charge in [0.25, 0.3) is 10.0 Å². The molecule has 12 heteroatoms. The van der Waals surface area contributed by atoms with Crippen molar-refractivity contribution in [2.45, 2.75) is 57.5 Å².